The maximum absolute atomic E-state index is 11.8. The third-order valence-electron chi connectivity index (χ3n) is 4.72. The molecule has 4 nitrogen and oxygen atoms in total. The average Bonchev–Trinajstić information content (AvgIpc) is 2.56. The summed E-state index contributed by atoms with van der Waals surface area (Å²) < 4.78 is 11.1. The second kappa shape index (κ2) is 8.34. The molecule has 3 unspecified atom stereocenters. The summed E-state index contributed by atoms with van der Waals surface area (Å²) in [6.07, 6.45) is 4.83. The van der Waals surface area contributed by atoms with E-state index in [-0.39, 0.29) is 18.1 Å². The first-order chi connectivity index (χ1) is 11.1. The number of methoxy groups -OCH3 is 1. The Labute approximate surface area is 139 Å². The standard InChI is InChI=1S/C19H29NO3/c1-5-18(21)23-17-12-7-6-11-16(17)19(20(2)3)14-9-8-10-15(13-14)22-4/h8-10,13,16-17,19H,5-7,11-12H2,1-4H3. The highest BCUT2D eigenvalue weighted by Gasteiger charge is 2.36. The van der Waals surface area contributed by atoms with Crippen LogP contribution in [0.1, 0.15) is 50.6 Å². The fraction of sp³-hybridized carbons (Fsp3) is 0.632. The molecule has 3 atom stereocenters. The second-order valence-electron chi connectivity index (χ2n) is 6.52. The fourth-order valence-electron chi connectivity index (χ4n) is 3.64. The summed E-state index contributed by atoms with van der Waals surface area (Å²) in [5.74, 6) is 1.10. The molecular weight excluding hydrogens is 290 g/mol. The minimum absolute atomic E-state index is 0.00908. The molecule has 0 heterocycles. The SMILES string of the molecule is CCC(=O)OC1CCCCC1C(c1cccc(OC)c1)N(C)C. The van der Waals surface area contributed by atoms with E-state index in [0.717, 1.165) is 25.0 Å². The molecule has 1 aromatic rings. The third kappa shape index (κ3) is 4.47. The Kier molecular flexibility index (Phi) is 6.46. The molecule has 1 saturated carbocycles. The maximum Gasteiger partial charge on any atom is 0.305 e. The number of rotatable bonds is 6. The lowest BCUT2D eigenvalue weighted by Crippen LogP contribution is -2.39. The van der Waals surface area contributed by atoms with Crippen molar-refractivity contribution in [2.45, 2.75) is 51.2 Å². The van der Waals surface area contributed by atoms with Crippen molar-refractivity contribution in [2.75, 3.05) is 21.2 Å². The smallest absolute Gasteiger partial charge is 0.305 e. The quantitative estimate of drug-likeness (QED) is 0.747. The van der Waals surface area contributed by atoms with Crippen molar-refractivity contribution in [2.24, 2.45) is 5.92 Å². The zero-order valence-electron chi connectivity index (χ0n) is 14.7. The maximum atomic E-state index is 11.8. The average molecular weight is 319 g/mol. The lowest BCUT2D eigenvalue weighted by Gasteiger charge is -2.40. The van der Waals surface area contributed by atoms with Gasteiger partial charge in [-0.1, -0.05) is 25.5 Å². The number of carbonyl (C=O) groups excluding carboxylic acids is 1. The molecular formula is C19H29NO3. The third-order valence-corrected chi connectivity index (χ3v) is 4.72. The number of ether oxygens (including phenoxy) is 2. The predicted molar refractivity (Wildman–Crippen MR) is 91.6 cm³/mol. The van der Waals surface area contributed by atoms with Crippen LogP contribution >= 0.6 is 0 Å². The predicted octanol–water partition coefficient (Wildman–Crippen LogP) is 3.81. The first kappa shape index (κ1) is 17.8. The van der Waals surface area contributed by atoms with E-state index in [1.165, 1.54) is 12.0 Å². The Morgan fingerprint density at radius 2 is 2.04 bits per heavy atom. The lowest BCUT2D eigenvalue weighted by molar-refractivity contribution is -0.155. The van der Waals surface area contributed by atoms with Gasteiger partial charge in [0, 0.05) is 18.4 Å². The van der Waals surface area contributed by atoms with Gasteiger partial charge in [-0.05, 0) is 51.1 Å². The van der Waals surface area contributed by atoms with Crippen LogP contribution in [0.4, 0.5) is 0 Å². The summed E-state index contributed by atoms with van der Waals surface area (Å²) in [6, 6.07) is 8.45. The van der Waals surface area contributed by atoms with E-state index in [2.05, 4.69) is 31.1 Å². The molecule has 2 rings (SSSR count). The Bertz CT molecular complexity index is 515. The largest absolute Gasteiger partial charge is 0.497 e. The van der Waals surface area contributed by atoms with Gasteiger partial charge < -0.3 is 14.4 Å². The van der Waals surface area contributed by atoms with Crippen LogP contribution in [0, 0.1) is 5.92 Å². The first-order valence-electron chi connectivity index (χ1n) is 8.56. The van der Waals surface area contributed by atoms with E-state index in [9.17, 15) is 4.79 Å². The molecule has 23 heavy (non-hydrogen) atoms. The molecule has 0 spiro atoms. The van der Waals surface area contributed by atoms with Crippen molar-refractivity contribution in [3.05, 3.63) is 29.8 Å². The van der Waals surface area contributed by atoms with Gasteiger partial charge in [0.05, 0.1) is 7.11 Å². The van der Waals surface area contributed by atoms with E-state index >= 15 is 0 Å². The fourth-order valence-corrected chi connectivity index (χ4v) is 3.64. The van der Waals surface area contributed by atoms with Gasteiger partial charge in [-0.2, -0.15) is 0 Å². The Morgan fingerprint density at radius 1 is 1.30 bits per heavy atom. The van der Waals surface area contributed by atoms with Crippen molar-refractivity contribution in [1.29, 1.82) is 0 Å². The van der Waals surface area contributed by atoms with Gasteiger partial charge in [0.25, 0.3) is 0 Å². The summed E-state index contributed by atoms with van der Waals surface area (Å²) in [6.45, 7) is 1.85. The minimum atomic E-state index is -0.0925. The van der Waals surface area contributed by atoms with Crippen molar-refractivity contribution in [3.8, 4) is 5.75 Å². The topological polar surface area (TPSA) is 38.8 Å². The molecule has 0 saturated heterocycles. The molecule has 0 amide bonds. The summed E-state index contributed by atoms with van der Waals surface area (Å²) in [5.41, 5.74) is 1.22. The van der Waals surface area contributed by atoms with E-state index in [1.54, 1.807) is 7.11 Å². The number of benzene rings is 1. The van der Waals surface area contributed by atoms with Gasteiger partial charge in [-0.3, -0.25) is 4.79 Å². The van der Waals surface area contributed by atoms with Crippen LogP contribution in [-0.2, 0) is 9.53 Å². The normalized spacial score (nSPS) is 22.7. The zero-order chi connectivity index (χ0) is 16.8. The molecule has 4 heteroatoms. The number of hydrogen-bond donors (Lipinski definition) is 0. The van der Waals surface area contributed by atoms with Crippen LogP contribution in [-0.4, -0.2) is 38.2 Å². The minimum Gasteiger partial charge on any atom is -0.497 e. The number of hydrogen-bond acceptors (Lipinski definition) is 4. The summed E-state index contributed by atoms with van der Waals surface area (Å²) >= 11 is 0. The zero-order valence-corrected chi connectivity index (χ0v) is 14.7. The molecule has 128 valence electrons. The van der Waals surface area contributed by atoms with E-state index in [1.807, 2.05) is 19.1 Å². The van der Waals surface area contributed by atoms with Crippen LogP contribution in [0.3, 0.4) is 0 Å². The Balaban J connectivity index is 2.27. The highest BCUT2D eigenvalue weighted by atomic mass is 16.5. The number of esters is 1. The van der Waals surface area contributed by atoms with Crippen LogP contribution in [0.5, 0.6) is 5.75 Å². The van der Waals surface area contributed by atoms with Crippen molar-refractivity contribution < 1.29 is 14.3 Å². The van der Waals surface area contributed by atoms with Crippen molar-refractivity contribution >= 4 is 5.97 Å². The van der Waals surface area contributed by atoms with E-state index in [4.69, 9.17) is 9.47 Å². The molecule has 0 radical (unpaired) electrons. The molecule has 1 aliphatic rings. The van der Waals surface area contributed by atoms with Gasteiger partial charge in [0.15, 0.2) is 0 Å². The Morgan fingerprint density at radius 3 is 2.70 bits per heavy atom. The van der Waals surface area contributed by atoms with Gasteiger partial charge in [0.2, 0.25) is 0 Å². The van der Waals surface area contributed by atoms with Gasteiger partial charge >= 0.3 is 5.97 Å². The van der Waals surface area contributed by atoms with Crippen molar-refractivity contribution in [3.63, 3.8) is 0 Å². The molecule has 1 aliphatic carbocycles. The Hall–Kier alpha value is -1.55. The molecule has 0 N–H and O–H groups in total. The first-order valence-corrected chi connectivity index (χ1v) is 8.56. The van der Waals surface area contributed by atoms with Crippen LogP contribution in [0.2, 0.25) is 0 Å². The van der Waals surface area contributed by atoms with Crippen molar-refractivity contribution in [1.82, 2.24) is 4.90 Å². The van der Waals surface area contributed by atoms with Crippen LogP contribution < -0.4 is 4.74 Å². The highest BCUT2D eigenvalue weighted by Crippen LogP contribution is 2.39. The van der Waals surface area contributed by atoms with Crippen LogP contribution in [0.25, 0.3) is 0 Å². The van der Waals surface area contributed by atoms with Gasteiger partial charge in [-0.25, -0.2) is 0 Å². The molecule has 0 aliphatic heterocycles. The molecule has 1 aromatic carbocycles. The lowest BCUT2D eigenvalue weighted by atomic mass is 9.78. The van der Waals surface area contributed by atoms with E-state index < -0.39 is 0 Å². The monoisotopic (exact) mass is 319 g/mol. The van der Waals surface area contributed by atoms with Crippen LogP contribution in [0.15, 0.2) is 24.3 Å². The number of nitrogens with zero attached hydrogens (tertiary/aromatic N) is 1. The highest BCUT2D eigenvalue weighted by molar-refractivity contribution is 5.69. The summed E-state index contributed by atoms with van der Waals surface area (Å²) in [5, 5.41) is 0. The molecule has 0 bridgehead atoms. The second-order valence-corrected chi connectivity index (χ2v) is 6.52. The molecule has 0 aromatic heterocycles. The van der Waals surface area contributed by atoms with Gasteiger partial charge in [-0.15, -0.1) is 0 Å². The summed E-state index contributed by atoms with van der Waals surface area (Å²) in [7, 11) is 5.88. The van der Waals surface area contributed by atoms with E-state index in [0.29, 0.717) is 12.3 Å². The van der Waals surface area contributed by atoms with Gasteiger partial charge in [0.1, 0.15) is 11.9 Å². The summed E-state index contributed by atoms with van der Waals surface area (Å²) in [4.78, 5) is 14.0. The molecule has 1 fully saturated rings. The number of carbonyl (C=O) groups is 1.